The second-order valence-corrected chi connectivity index (χ2v) is 7.60. The third kappa shape index (κ3) is 3.44. The maximum Gasteiger partial charge on any atom is 0.109 e. The Bertz CT molecular complexity index is 542. The molecule has 2 rings (SSSR count). The summed E-state index contributed by atoms with van der Waals surface area (Å²) in [4.78, 5) is 8.68. The van der Waals surface area contributed by atoms with E-state index in [0.717, 1.165) is 6.42 Å². The van der Waals surface area contributed by atoms with Gasteiger partial charge in [-0.2, -0.15) is 0 Å². The minimum Gasteiger partial charge on any atom is -0.301 e. The fraction of sp³-hybridized carbons (Fsp3) is 0.533. The Labute approximate surface area is 123 Å². The van der Waals surface area contributed by atoms with Crippen LogP contribution in [0.5, 0.6) is 0 Å². The number of nitrogens with zero attached hydrogens (tertiary/aromatic N) is 1. The van der Waals surface area contributed by atoms with Crippen LogP contribution in [-0.2, 0) is 6.42 Å². The monoisotopic (exact) mass is 294 g/mol. The molecule has 0 fully saturated rings. The van der Waals surface area contributed by atoms with Crippen LogP contribution in [0.2, 0.25) is 0 Å². The van der Waals surface area contributed by atoms with Gasteiger partial charge in [0.1, 0.15) is 5.01 Å². The molecule has 0 aliphatic rings. The molecule has 0 aliphatic heterocycles. The van der Waals surface area contributed by atoms with Crippen molar-refractivity contribution >= 4 is 22.7 Å². The molecule has 2 heterocycles. The highest BCUT2D eigenvalue weighted by Gasteiger charge is 2.16. The molecule has 19 heavy (non-hydrogen) atoms. The number of hydrogen-bond acceptors (Lipinski definition) is 4. The molecular formula is C15H22N2S2. The van der Waals surface area contributed by atoms with E-state index in [9.17, 15) is 0 Å². The van der Waals surface area contributed by atoms with Gasteiger partial charge in [0.25, 0.3) is 0 Å². The van der Waals surface area contributed by atoms with Crippen molar-refractivity contribution < 1.29 is 0 Å². The predicted molar refractivity (Wildman–Crippen MR) is 85.3 cm³/mol. The van der Waals surface area contributed by atoms with E-state index in [-0.39, 0.29) is 0 Å². The zero-order valence-corrected chi connectivity index (χ0v) is 13.9. The number of thiophene rings is 1. The van der Waals surface area contributed by atoms with E-state index in [1.165, 1.54) is 25.2 Å². The molecule has 4 heteroatoms. The van der Waals surface area contributed by atoms with Gasteiger partial charge in [-0.3, -0.25) is 0 Å². The standard InChI is InChI=1S/C15H22N2S2/c1-6-13-8-16-15(19-13)11(4)17-10(3)14-7-9(2)18-12(14)5/h7-8,10-11,17H,6H2,1-5H3. The molecule has 2 unspecified atom stereocenters. The van der Waals surface area contributed by atoms with Crippen molar-refractivity contribution in [2.24, 2.45) is 0 Å². The molecule has 1 N–H and O–H groups in total. The second-order valence-electron chi connectivity index (χ2n) is 5.00. The minimum absolute atomic E-state index is 0.305. The highest BCUT2D eigenvalue weighted by Crippen LogP contribution is 2.29. The van der Waals surface area contributed by atoms with Crippen molar-refractivity contribution in [3.8, 4) is 0 Å². The van der Waals surface area contributed by atoms with Crippen LogP contribution < -0.4 is 5.32 Å². The van der Waals surface area contributed by atoms with Crippen LogP contribution in [0.25, 0.3) is 0 Å². The highest BCUT2D eigenvalue weighted by molar-refractivity contribution is 7.12. The number of aromatic nitrogens is 1. The lowest BCUT2D eigenvalue weighted by molar-refractivity contribution is 0.492. The summed E-state index contributed by atoms with van der Waals surface area (Å²) < 4.78 is 0. The molecule has 2 atom stereocenters. The lowest BCUT2D eigenvalue weighted by Gasteiger charge is -2.18. The Morgan fingerprint density at radius 2 is 1.95 bits per heavy atom. The summed E-state index contributed by atoms with van der Waals surface area (Å²) in [6.07, 6.45) is 3.08. The Morgan fingerprint density at radius 1 is 1.21 bits per heavy atom. The van der Waals surface area contributed by atoms with E-state index in [2.05, 4.69) is 51.0 Å². The molecule has 104 valence electrons. The summed E-state index contributed by atoms with van der Waals surface area (Å²) in [6, 6.07) is 2.97. The summed E-state index contributed by atoms with van der Waals surface area (Å²) in [5.74, 6) is 0. The van der Waals surface area contributed by atoms with E-state index >= 15 is 0 Å². The fourth-order valence-electron chi connectivity index (χ4n) is 2.30. The minimum atomic E-state index is 0.305. The Hall–Kier alpha value is -0.710. The van der Waals surface area contributed by atoms with Crippen molar-refractivity contribution in [1.29, 1.82) is 0 Å². The maximum absolute atomic E-state index is 4.52. The van der Waals surface area contributed by atoms with Gasteiger partial charge < -0.3 is 5.32 Å². The summed E-state index contributed by atoms with van der Waals surface area (Å²) in [7, 11) is 0. The fourth-order valence-corrected chi connectivity index (χ4v) is 4.19. The zero-order valence-electron chi connectivity index (χ0n) is 12.3. The summed E-state index contributed by atoms with van der Waals surface area (Å²) in [5, 5.41) is 4.85. The average molecular weight is 294 g/mol. The number of aryl methyl sites for hydroxylation is 3. The number of hydrogen-bond donors (Lipinski definition) is 1. The lowest BCUT2D eigenvalue weighted by Crippen LogP contribution is -2.22. The Balaban J connectivity index is 2.06. The average Bonchev–Trinajstić information content (AvgIpc) is 2.95. The van der Waals surface area contributed by atoms with E-state index in [1.54, 1.807) is 0 Å². The SMILES string of the molecule is CCc1cnc(C(C)NC(C)c2cc(C)sc2C)s1. The van der Waals surface area contributed by atoms with Gasteiger partial charge in [-0.15, -0.1) is 22.7 Å². The number of thiazole rings is 1. The predicted octanol–water partition coefficient (Wildman–Crippen LogP) is 4.80. The third-order valence-corrected chi connectivity index (χ3v) is 5.64. The summed E-state index contributed by atoms with van der Waals surface area (Å²) in [5.41, 5.74) is 1.42. The molecule has 0 saturated carbocycles. The van der Waals surface area contributed by atoms with Gasteiger partial charge in [0.15, 0.2) is 0 Å². The molecule has 0 aromatic carbocycles. The smallest absolute Gasteiger partial charge is 0.109 e. The van der Waals surface area contributed by atoms with Gasteiger partial charge in [-0.25, -0.2) is 4.98 Å². The largest absolute Gasteiger partial charge is 0.301 e. The van der Waals surface area contributed by atoms with Gasteiger partial charge in [-0.05, 0) is 45.7 Å². The van der Waals surface area contributed by atoms with Crippen molar-refractivity contribution in [3.05, 3.63) is 37.5 Å². The van der Waals surface area contributed by atoms with Gasteiger partial charge in [0, 0.05) is 26.9 Å². The molecule has 2 aromatic rings. The van der Waals surface area contributed by atoms with Crippen LogP contribution in [0.4, 0.5) is 0 Å². The van der Waals surface area contributed by atoms with Gasteiger partial charge >= 0.3 is 0 Å². The van der Waals surface area contributed by atoms with E-state index in [4.69, 9.17) is 0 Å². The van der Waals surface area contributed by atoms with E-state index in [1.807, 2.05) is 28.9 Å². The Kier molecular flexibility index (Phi) is 4.76. The zero-order chi connectivity index (χ0) is 14.0. The third-order valence-electron chi connectivity index (χ3n) is 3.34. The van der Waals surface area contributed by atoms with Crippen LogP contribution in [-0.4, -0.2) is 4.98 Å². The molecule has 0 amide bonds. The summed E-state index contributed by atoms with van der Waals surface area (Å²) in [6.45, 7) is 11.0. The molecule has 0 saturated heterocycles. The van der Waals surface area contributed by atoms with Crippen LogP contribution in [0, 0.1) is 13.8 Å². The van der Waals surface area contributed by atoms with Crippen molar-refractivity contribution in [2.45, 2.75) is 53.1 Å². The molecule has 0 radical (unpaired) electrons. The van der Waals surface area contributed by atoms with Crippen LogP contribution in [0.1, 0.15) is 58.1 Å². The van der Waals surface area contributed by atoms with Crippen LogP contribution >= 0.6 is 22.7 Å². The molecule has 0 aliphatic carbocycles. The first kappa shape index (κ1) is 14.7. The molecule has 0 bridgehead atoms. The molecule has 2 nitrogen and oxygen atoms in total. The van der Waals surface area contributed by atoms with E-state index < -0.39 is 0 Å². The normalized spacial score (nSPS) is 14.6. The molecule has 0 spiro atoms. The highest BCUT2D eigenvalue weighted by atomic mass is 32.1. The van der Waals surface area contributed by atoms with Crippen LogP contribution in [0.15, 0.2) is 12.3 Å². The number of rotatable bonds is 5. The van der Waals surface area contributed by atoms with E-state index in [0.29, 0.717) is 12.1 Å². The molecular weight excluding hydrogens is 272 g/mol. The van der Waals surface area contributed by atoms with Crippen molar-refractivity contribution in [1.82, 2.24) is 10.3 Å². The molecule has 2 aromatic heterocycles. The summed E-state index contributed by atoms with van der Waals surface area (Å²) >= 11 is 3.69. The second kappa shape index (κ2) is 6.16. The van der Waals surface area contributed by atoms with Gasteiger partial charge in [0.2, 0.25) is 0 Å². The Morgan fingerprint density at radius 3 is 2.47 bits per heavy atom. The van der Waals surface area contributed by atoms with Crippen LogP contribution in [0.3, 0.4) is 0 Å². The van der Waals surface area contributed by atoms with Gasteiger partial charge in [0.05, 0.1) is 6.04 Å². The first-order valence-electron chi connectivity index (χ1n) is 6.78. The topological polar surface area (TPSA) is 24.9 Å². The first-order valence-corrected chi connectivity index (χ1v) is 8.42. The lowest BCUT2D eigenvalue weighted by atomic mass is 10.1. The van der Waals surface area contributed by atoms with Gasteiger partial charge in [-0.1, -0.05) is 6.92 Å². The maximum atomic E-state index is 4.52. The first-order chi connectivity index (χ1) is 9.01. The van der Waals surface area contributed by atoms with Crippen molar-refractivity contribution in [3.63, 3.8) is 0 Å². The van der Waals surface area contributed by atoms with Crippen molar-refractivity contribution in [2.75, 3.05) is 0 Å². The quantitative estimate of drug-likeness (QED) is 0.857. The number of nitrogens with one attached hydrogen (secondary N) is 1.